The molecular formula is C35H25NO. The van der Waals surface area contributed by atoms with Crippen LogP contribution in [0, 0.1) is 0 Å². The van der Waals surface area contributed by atoms with Crippen molar-refractivity contribution in [2.24, 2.45) is 0 Å². The van der Waals surface area contributed by atoms with Crippen molar-refractivity contribution in [3.05, 3.63) is 162 Å². The van der Waals surface area contributed by atoms with Crippen LogP contribution in [0.15, 0.2) is 156 Å². The van der Waals surface area contributed by atoms with Crippen molar-refractivity contribution in [1.82, 2.24) is 4.57 Å². The second-order valence-electron chi connectivity index (χ2n) is 8.91. The van der Waals surface area contributed by atoms with Gasteiger partial charge in [-0.2, -0.15) is 0 Å². The Kier molecular flexibility index (Phi) is 6.06. The van der Waals surface area contributed by atoms with Crippen molar-refractivity contribution >= 4 is 0 Å². The minimum Gasteiger partial charge on any atom is -0.276 e. The third kappa shape index (κ3) is 4.19. The highest BCUT2D eigenvalue weighted by Gasteiger charge is 2.26. The summed E-state index contributed by atoms with van der Waals surface area (Å²) in [5.41, 5.74) is 8.27. The molecule has 5 aromatic carbocycles. The Morgan fingerprint density at radius 2 is 0.703 bits per heavy atom. The monoisotopic (exact) mass is 475 g/mol. The third-order valence-electron chi connectivity index (χ3n) is 6.63. The number of para-hydroxylation sites is 1. The zero-order valence-electron chi connectivity index (χ0n) is 20.3. The minimum atomic E-state index is -0.0465. The number of rotatable bonds is 5. The van der Waals surface area contributed by atoms with E-state index in [1.807, 2.05) is 108 Å². The smallest absolute Gasteiger partial charge is 0.264 e. The first-order valence-corrected chi connectivity index (χ1v) is 12.4. The van der Waals surface area contributed by atoms with E-state index < -0.39 is 0 Å². The van der Waals surface area contributed by atoms with E-state index >= 15 is 0 Å². The van der Waals surface area contributed by atoms with Crippen LogP contribution in [0.5, 0.6) is 0 Å². The van der Waals surface area contributed by atoms with Crippen molar-refractivity contribution in [2.45, 2.75) is 0 Å². The van der Waals surface area contributed by atoms with Crippen LogP contribution < -0.4 is 5.56 Å². The first-order chi connectivity index (χ1) is 18.3. The van der Waals surface area contributed by atoms with Crippen LogP contribution in [-0.4, -0.2) is 4.57 Å². The van der Waals surface area contributed by atoms with Gasteiger partial charge in [0.2, 0.25) is 0 Å². The molecule has 37 heavy (non-hydrogen) atoms. The Balaban J connectivity index is 1.90. The van der Waals surface area contributed by atoms with Gasteiger partial charge in [0.05, 0.1) is 11.3 Å². The van der Waals surface area contributed by atoms with E-state index in [2.05, 4.69) is 48.5 Å². The van der Waals surface area contributed by atoms with E-state index in [4.69, 9.17) is 0 Å². The fourth-order valence-electron chi connectivity index (χ4n) is 5.02. The highest BCUT2D eigenvalue weighted by atomic mass is 16.1. The molecule has 0 bridgehead atoms. The van der Waals surface area contributed by atoms with Crippen molar-refractivity contribution < 1.29 is 0 Å². The molecule has 0 unspecified atom stereocenters. The lowest BCUT2D eigenvalue weighted by Crippen LogP contribution is -2.24. The molecule has 0 saturated heterocycles. The maximum Gasteiger partial charge on any atom is 0.264 e. The van der Waals surface area contributed by atoms with E-state index in [0.717, 1.165) is 44.8 Å². The van der Waals surface area contributed by atoms with Crippen LogP contribution >= 0.6 is 0 Å². The topological polar surface area (TPSA) is 22.0 Å². The van der Waals surface area contributed by atoms with Crippen LogP contribution in [0.25, 0.3) is 50.3 Å². The van der Waals surface area contributed by atoms with Gasteiger partial charge in [0, 0.05) is 16.8 Å². The van der Waals surface area contributed by atoms with E-state index in [9.17, 15) is 4.79 Å². The molecule has 1 heterocycles. The zero-order chi connectivity index (χ0) is 25.0. The number of pyridine rings is 1. The Morgan fingerprint density at radius 3 is 1.16 bits per heavy atom. The van der Waals surface area contributed by atoms with Gasteiger partial charge in [-0.3, -0.25) is 9.36 Å². The summed E-state index contributed by atoms with van der Waals surface area (Å²) in [5.74, 6) is 0. The normalized spacial score (nSPS) is 10.8. The summed E-state index contributed by atoms with van der Waals surface area (Å²) < 4.78 is 1.88. The predicted octanol–water partition coefficient (Wildman–Crippen LogP) is 8.51. The SMILES string of the molecule is O=c1c(-c2ccccc2)c(-c2ccccc2)c(-c2ccccc2)c(-c2ccccc2)n1-c1ccccc1. The van der Waals surface area contributed by atoms with Crippen LogP contribution in [-0.2, 0) is 0 Å². The fourth-order valence-corrected chi connectivity index (χ4v) is 5.02. The second kappa shape index (κ2) is 9.96. The largest absolute Gasteiger partial charge is 0.276 e. The van der Waals surface area contributed by atoms with Gasteiger partial charge < -0.3 is 0 Å². The maximum atomic E-state index is 14.7. The third-order valence-corrected chi connectivity index (χ3v) is 6.63. The summed E-state index contributed by atoms with van der Waals surface area (Å²) in [7, 11) is 0. The number of hydrogen-bond acceptors (Lipinski definition) is 1. The van der Waals surface area contributed by atoms with Crippen molar-refractivity contribution in [3.8, 4) is 50.3 Å². The summed E-state index contributed by atoms with van der Waals surface area (Å²) in [6.07, 6.45) is 0. The molecule has 2 nitrogen and oxygen atoms in total. The van der Waals surface area contributed by atoms with Gasteiger partial charge in [-0.25, -0.2) is 0 Å². The van der Waals surface area contributed by atoms with Crippen LogP contribution in [0.1, 0.15) is 0 Å². The molecule has 1 aromatic heterocycles. The first kappa shape index (κ1) is 22.5. The Labute approximate surface area is 216 Å². The average Bonchev–Trinajstić information content (AvgIpc) is 2.98. The molecule has 0 aliphatic carbocycles. The van der Waals surface area contributed by atoms with Gasteiger partial charge in [0.25, 0.3) is 5.56 Å². The Morgan fingerprint density at radius 1 is 0.351 bits per heavy atom. The molecular weight excluding hydrogens is 450 g/mol. The molecule has 0 atom stereocenters. The fraction of sp³-hybridized carbons (Fsp3) is 0. The van der Waals surface area contributed by atoms with Crippen LogP contribution in [0.3, 0.4) is 0 Å². The Bertz CT molecular complexity index is 1580. The van der Waals surface area contributed by atoms with Crippen LogP contribution in [0.4, 0.5) is 0 Å². The second-order valence-corrected chi connectivity index (χ2v) is 8.91. The lowest BCUT2D eigenvalue weighted by Gasteiger charge is -2.25. The maximum absolute atomic E-state index is 14.7. The quantitative estimate of drug-likeness (QED) is 0.245. The van der Waals surface area contributed by atoms with Crippen molar-refractivity contribution in [2.75, 3.05) is 0 Å². The van der Waals surface area contributed by atoms with Gasteiger partial charge >= 0.3 is 0 Å². The molecule has 2 heteroatoms. The lowest BCUT2D eigenvalue weighted by molar-refractivity contribution is 1.01. The molecule has 0 spiro atoms. The molecule has 0 aliphatic rings. The summed E-state index contributed by atoms with van der Waals surface area (Å²) >= 11 is 0. The lowest BCUT2D eigenvalue weighted by atomic mass is 9.85. The summed E-state index contributed by atoms with van der Waals surface area (Å²) in [4.78, 5) is 14.7. The molecule has 0 fully saturated rings. The van der Waals surface area contributed by atoms with Crippen molar-refractivity contribution in [3.63, 3.8) is 0 Å². The van der Waals surface area contributed by atoms with E-state index in [0.29, 0.717) is 5.56 Å². The Hall–Kier alpha value is -4.95. The van der Waals surface area contributed by atoms with E-state index in [1.54, 1.807) is 0 Å². The molecule has 0 aliphatic heterocycles. The minimum absolute atomic E-state index is 0.0465. The molecule has 176 valence electrons. The molecule has 6 rings (SSSR count). The average molecular weight is 476 g/mol. The number of benzene rings is 5. The van der Waals surface area contributed by atoms with Gasteiger partial charge in [0.15, 0.2) is 0 Å². The molecule has 6 aromatic rings. The van der Waals surface area contributed by atoms with Gasteiger partial charge in [-0.1, -0.05) is 140 Å². The van der Waals surface area contributed by atoms with Gasteiger partial charge in [-0.15, -0.1) is 0 Å². The molecule has 0 N–H and O–H groups in total. The summed E-state index contributed by atoms with van der Waals surface area (Å²) in [6.45, 7) is 0. The summed E-state index contributed by atoms with van der Waals surface area (Å²) in [5, 5.41) is 0. The summed E-state index contributed by atoms with van der Waals surface area (Å²) in [6, 6.07) is 50.8. The van der Waals surface area contributed by atoms with Crippen molar-refractivity contribution in [1.29, 1.82) is 0 Å². The highest BCUT2D eigenvalue weighted by Crippen LogP contribution is 2.44. The first-order valence-electron chi connectivity index (χ1n) is 12.4. The van der Waals surface area contributed by atoms with Crippen LogP contribution in [0.2, 0.25) is 0 Å². The predicted molar refractivity (Wildman–Crippen MR) is 154 cm³/mol. The molecule has 0 radical (unpaired) electrons. The molecule has 0 amide bonds. The van der Waals surface area contributed by atoms with Gasteiger partial charge in [-0.05, 0) is 34.4 Å². The molecule has 0 saturated carbocycles. The standard InChI is InChI=1S/C35H25NO/c37-35-33(28-20-10-3-11-21-28)31(26-16-6-1-7-17-26)32(27-18-8-2-9-19-27)34(29-22-12-4-13-23-29)36(35)30-24-14-5-15-25-30/h1-25H. The number of nitrogens with zero attached hydrogens (tertiary/aromatic N) is 1. The number of hydrogen-bond donors (Lipinski definition) is 0. The zero-order valence-corrected chi connectivity index (χ0v) is 20.3. The highest BCUT2D eigenvalue weighted by molar-refractivity contribution is 6.00. The van der Waals surface area contributed by atoms with Gasteiger partial charge in [0.1, 0.15) is 0 Å². The van der Waals surface area contributed by atoms with E-state index in [-0.39, 0.29) is 5.56 Å². The number of aromatic nitrogens is 1. The van der Waals surface area contributed by atoms with E-state index in [1.165, 1.54) is 0 Å².